The molecule has 0 radical (unpaired) electrons. The van der Waals surface area contributed by atoms with E-state index in [1.165, 1.54) is 4.90 Å². The zero-order chi connectivity index (χ0) is 19.3. The van der Waals surface area contributed by atoms with Crippen LogP contribution in [0.4, 0.5) is 13.2 Å². The van der Waals surface area contributed by atoms with Crippen molar-refractivity contribution < 1.29 is 27.6 Å². The van der Waals surface area contributed by atoms with Crippen molar-refractivity contribution in [1.29, 1.82) is 0 Å². The highest BCUT2D eigenvalue weighted by molar-refractivity contribution is 5.93. The predicted molar refractivity (Wildman–Crippen MR) is 87.9 cm³/mol. The number of carbonyl (C=O) groups is 3. The molecule has 0 bridgehead atoms. The molecule has 0 aromatic heterocycles. The van der Waals surface area contributed by atoms with Gasteiger partial charge in [0.15, 0.2) is 0 Å². The van der Waals surface area contributed by atoms with Crippen molar-refractivity contribution in [2.75, 3.05) is 13.6 Å². The first kappa shape index (κ1) is 19.9. The molecule has 0 saturated carbocycles. The molecule has 2 amide bonds. The molecule has 1 aromatic rings. The molecule has 1 aromatic carbocycles. The maximum atomic E-state index is 12.6. The van der Waals surface area contributed by atoms with Gasteiger partial charge in [-0.1, -0.05) is 30.3 Å². The first-order chi connectivity index (χ1) is 12.2. The number of Topliss-reactive ketones (excluding diaryl/α,β-unsaturated/α-hetero) is 1. The summed E-state index contributed by atoms with van der Waals surface area (Å²) < 4.78 is 37.8. The van der Waals surface area contributed by atoms with Gasteiger partial charge in [0, 0.05) is 33.0 Å². The SMILES string of the molecule is CN(Cc1ccccc1)C(=O)CCC(=O)N1CCCC1C(=O)C(F)(F)F. The summed E-state index contributed by atoms with van der Waals surface area (Å²) in [7, 11) is 1.60. The molecule has 26 heavy (non-hydrogen) atoms. The zero-order valence-electron chi connectivity index (χ0n) is 14.5. The fourth-order valence-corrected chi connectivity index (χ4v) is 3.02. The van der Waals surface area contributed by atoms with Crippen molar-refractivity contribution in [1.82, 2.24) is 9.80 Å². The number of alkyl halides is 3. The van der Waals surface area contributed by atoms with E-state index < -0.39 is 23.9 Å². The molecule has 1 unspecified atom stereocenters. The molecule has 1 heterocycles. The molecule has 2 rings (SSSR count). The summed E-state index contributed by atoms with van der Waals surface area (Å²) in [6, 6.07) is 7.84. The van der Waals surface area contributed by atoms with Crippen LogP contribution < -0.4 is 0 Å². The highest BCUT2D eigenvalue weighted by Crippen LogP contribution is 2.27. The van der Waals surface area contributed by atoms with Gasteiger partial charge in [-0.3, -0.25) is 14.4 Å². The minimum Gasteiger partial charge on any atom is -0.341 e. The van der Waals surface area contributed by atoms with E-state index in [1.807, 2.05) is 30.3 Å². The van der Waals surface area contributed by atoms with Crippen LogP contribution in [0.5, 0.6) is 0 Å². The van der Waals surface area contributed by atoms with Gasteiger partial charge in [-0.2, -0.15) is 13.2 Å². The number of hydrogen-bond donors (Lipinski definition) is 0. The van der Waals surface area contributed by atoms with Gasteiger partial charge in [0.1, 0.15) is 0 Å². The summed E-state index contributed by atoms with van der Waals surface area (Å²) in [4.78, 5) is 38.2. The minimum absolute atomic E-state index is 0.00589. The summed E-state index contributed by atoms with van der Waals surface area (Å²) in [5.41, 5.74) is 0.935. The van der Waals surface area contributed by atoms with Gasteiger partial charge in [-0.15, -0.1) is 0 Å². The number of ketones is 1. The van der Waals surface area contributed by atoms with E-state index in [0.29, 0.717) is 13.0 Å². The third-order valence-corrected chi connectivity index (χ3v) is 4.40. The average Bonchev–Trinajstić information content (AvgIpc) is 3.08. The monoisotopic (exact) mass is 370 g/mol. The number of carbonyl (C=O) groups excluding carboxylic acids is 3. The third kappa shape index (κ3) is 5.06. The van der Waals surface area contributed by atoms with Crippen LogP contribution in [0.2, 0.25) is 0 Å². The summed E-state index contributed by atoms with van der Waals surface area (Å²) in [5.74, 6) is -2.76. The average molecular weight is 370 g/mol. The van der Waals surface area contributed by atoms with E-state index in [-0.39, 0.29) is 31.7 Å². The smallest absolute Gasteiger partial charge is 0.341 e. The molecule has 8 heteroatoms. The molecule has 0 aliphatic carbocycles. The van der Waals surface area contributed by atoms with E-state index in [1.54, 1.807) is 7.05 Å². The quantitative estimate of drug-likeness (QED) is 0.773. The fourth-order valence-electron chi connectivity index (χ4n) is 3.02. The summed E-state index contributed by atoms with van der Waals surface area (Å²) in [6.07, 6.45) is -4.92. The van der Waals surface area contributed by atoms with Gasteiger partial charge in [0.05, 0.1) is 6.04 Å². The number of hydrogen-bond acceptors (Lipinski definition) is 3. The molecule has 142 valence electrons. The molecule has 1 aliphatic rings. The Balaban J connectivity index is 1.87. The van der Waals surface area contributed by atoms with Crippen molar-refractivity contribution in [2.45, 2.75) is 44.4 Å². The van der Waals surface area contributed by atoms with Gasteiger partial charge in [0.2, 0.25) is 11.8 Å². The van der Waals surface area contributed by atoms with E-state index in [2.05, 4.69) is 0 Å². The second kappa shape index (κ2) is 8.33. The Kier molecular flexibility index (Phi) is 6.39. The van der Waals surface area contributed by atoms with E-state index >= 15 is 0 Å². The first-order valence-electron chi connectivity index (χ1n) is 8.38. The van der Waals surface area contributed by atoms with Crippen LogP contribution >= 0.6 is 0 Å². The Morgan fingerprint density at radius 1 is 1.15 bits per heavy atom. The molecule has 1 aliphatic heterocycles. The number of benzene rings is 1. The maximum absolute atomic E-state index is 12.6. The predicted octanol–water partition coefficient (Wildman–Crippen LogP) is 2.55. The number of halogens is 3. The summed E-state index contributed by atoms with van der Waals surface area (Å²) >= 11 is 0. The second-order valence-electron chi connectivity index (χ2n) is 6.34. The molecule has 1 fully saturated rings. The highest BCUT2D eigenvalue weighted by atomic mass is 19.4. The lowest BCUT2D eigenvalue weighted by molar-refractivity contribution is -0.176. The van der Waals surface area contributed by atoms with Crippen LogP contribution in [0.25, 0.3) is 0 Å². The Morgan fingerprint density at radius 3 is 2.42 bits per heavy atom. The van der Waals surface area contributed by atoms with Crippen LogP contribution in [0.1, 0.15) is 31.2 Å². The molecule has 0 spiro atoms. The topological polar surface area (TPSA) is 57.7 Å². The van der Waals surface area contributed by atoms with Gasteiger partial charge in [0.25, 0.3) is 5.78 Å². The van der Waals surface area contributed by atoms with Crippen LogP contribution in [0.15, 0.2) is 30.3 Å². The van der Waals surface area contributed by atoms with Gasteiger partial charge in [-0.05, 0) is 18.4 Å². The molecular formula is C18H21F3N2O3. The second-order valence-corrected chi connectivity index (χ2v) is 6.34. The Labute approximate surface area is 149 Å². The summed E-state index contributed by atoms with van der Waals surface area (Å²) in [6.45, 7) is 0.492. The van der Waals surface area contributed by atoms with Crippen LogP contribution in [-0.4, -0.2) is 53.2 Å². The van der Waals surface area contributed by atoms with Crippen molar-refractivity contribution >= 4 is 17.6 Å². The van der Waals surface area contributed by atoms with Gasteiger partial charge < -0.3 is 9.80 Å². The lowest BCUT2D eigenvalue weighted by Gasteiger charge is -2.25. The number of likely N-dealkylation sites (tertiary alicyclic amines) is 1. The normalized spacial score (nSPS) is 17.2. The number of nitrogens with zero attached hydrogens (tertiary/aromatic N) is 2. The largest absolute Gasteiger partial charge is 0.452 e. The molecular weight excluding hydrogens is 349 g/mol. The van der Waals surface area contributed by atoms with E-state index in [9.17, 15) is 27.6 Å². The zero-order valence-corrected chi connectivity index (χ0v) is 14.5. The Morgan fingerprint density at radius 2 is 1.81 bits per heavy atom. The third-order valence-electron chi connectivity index (χ3n) is 4.40. The van der Waals surface area contributed by atoms with Crippen molar-refractivity contribution in [3.8, 4) is 0 Å². The lowest BCUT2D eigenvalue weighted by Crippen LogP contribution is -2.46. The lowest BCUT2D eigenvalue weighted by atomic mass is 10.1. The number of amides is 2. The summed E-state index contributed by atoms with van der Waals surface area (Å²) in [5, 5.41) is 0. The van der Waals surface area contributed by atoms with Gasteiger partial charge >= 0.3 is 6.18 Å². The minimum atomic E-state index is -4.96. The molecule has 1 saturated heterocycles. The molecule has 1 atom stereocenters. The standard InChI is InChI=1S/C18H21F3N2O3/c1-22(12-13-6-3-2-4-7-13)15(24)9-10-16(25)23-11-5-8-14(23)17(26)18(19,20)21/h2-4,6-7,14H,5,8-12H2,1H3. The Hall–Kier alpha value is -2.38. The van der Waals surface area contributed by atoms with Crippen molar-refractivity contribution in [2.24, 2.45) is 0 Å². The van der Waals surface area contributed by atoms with Crippen LogP contribution in [0, 0.1) is 0 Å². The first-order valence-corrected chi connectivity index (χ1v) is 8.38. The van der Waals surface area contributed by atoms with Crippen molar-refractivity contribution in [3.05, 3.63) is 35.9 Å². The van der Waals surface area contributed by atoms with E-state index in [4.69, 9.17) is 0 Å². The van der Waals surface area contributed by atoms with Crippen molar-refractivity contribution in [3.63, 3.8) is 0 Å². The van der Waals surface area contributed by atoms with Crippen LogP contribution in [0.3, 0.4) is 0 Å². The molecule has 0 N–H and O–H groups in total. The fraction of sp³-hybridized carbons (Fsp3) is 0.500. The van der Waals surface area contributed by atoms with Gasteiger partial charge in [-0.25, -0.2) is 0 Å². The number of rotatable bonds is 6. The highest BCUT2D eigenvalue weighted by Gasteiger charge is 2.47. The van der Waals surface area contributed by atoms with E-state index in [0.717, 1.165) is 10.5 Å². The molecule has 5 nitrogen and oxygen atoms in total. The van der Waals surface area contributed by atoms with Crippen LogP contribution in [-0.2, 0) is 20.9 Å². The Bertz CT molecular complexity index is 661. The maximum Gasteiger partial charge on any atom is 0.452 e.